The molecule has 0 spiro atoms. The number of carbonyl (C=O) groups is 2. The number of nitrogen functional groups attached to an aromatic ring is 2. The first-order valence-corrected chi connectivity index (χ1v) is 51.6. The van der Waals surface area contributed by atoms with Crippen molar-refractivity contribution < 1.29 is 111 Å². The van der Waals surface area contributed by atoms with Crippen molar-refractivity contribution in [1.82, 2.24) is 78.1 Å². The Morgan fingerprint density at radius 3 is 1.61 bits per heavy atom. The van der Waals surface area contributed by atoms with Gasteiger partial charge in [-0.3, -0.25) is 69.6 Å². The highest BCUT2D eigenvalue weighted by atomic mass is 32.5. The molecule has 9 aromatic rings. The normalized spacial score (nSPS) is 31.5. The van der Waals surface area contributed by atoms with Gasteiger partial charge in [0.15, 0.2) is 105 Å². The number of anilines is 3. The van der Waals surface area contributed by atoms with Crippen LogP contribution in [0.2, 0.25) is 36.3 Å². The molecule has 10 N–H and O–H groups in total. The number of imidazole rings is 4. The number of Topliss-reactive ketones (excluding diaryl/α,β-unsaturated/α-hetero) is 1. The lowest BCUT2D eigenvalue weighted by atomic mass is 10.1. The van der Waals surface area contributed by atoms with Crippen LogP contribution >= 0.6 is 29.1 Å². The predicted octanol–water partition coefficient (Wildman–Crippen LogP) is 7.36. The number of nitrogens with zero attached hydrogens (tertiary/aromatic N) is 15. The zero-order valence-electron chi connectivity index (χ0n) is 66.8. The van der Waals surface area contributed by atoms with E-state index in [1.54, 1.807) is 44.2 Å². The summed E-state index contributed by atoms with van der Waals surface area (Å²) in [6.45, 7) is 11.7. The van der Waals surface area contributed by atoms with E-state index in [9.17, 15) is 48.3 Å². The van der Waals surface area contributed by atoms with Crippen molar-refractivity contribution in [3.05, 3.63) is 100 Å². The minimum Gasteiger partial charge on any atom is -0.408 e. The smallest absolute Gasteiger partial charge is 0.408 e. The van der Waals surface area contributed by atoms with Crippen molar-refractivity contribution in [1.29, 1.82) is 5.26 Å². The third-order valence-corrected chi connectivity index (χ3v) is 36.5. The van der Waals surface area contributed by atoms with Crippen LogP contribution in [-0.2, 0) is 112 Å². The third kappa shape index (κ3) is 18.8. The summed E-state index contributed by atoms with van der Waals surface area (Å²) in [5.74, 6) is -1.13. The molecule has 14 heterocycles. The summed E-state index contributed by atoms with van der Waals surface area (Å²) in [7, 11) is -15.9. The van der Waals surface area contributed by atoms with Crippen molar-refractivity contribution >= 4 is 143 Å². The van der Waals surface area contributed by atoms with Crippen LogP contribution in [0.25, 0.3) is 44.7 Å². The van der Waals surface area contributed by atoms with E-state index in [4.69, 9.17) is 104 Å². The van der Waals surface area contributed by atoms with Crippen LogP contribution < -0.4 is 27.9 Å². The largest absolute Gasteiger partial charge is 0.472 e. The van der Waals surface area contributed by atoms with Crippen molar-refractivity contribution in [2.24, 2.45) is 5.92 Å². The van der Waals surface area contributed by atoms with E-state index in [1.165, 1.54) is 43.6 Å². The molecule has 8 aromatic heterocycles. The first-order chi connectivity index (χ1) is 56.8. The van der Waals surface area contributed by atoms with Crippen molar-refractivity contribution in [2.75, 3.05) is 49.8 Å². The number of alkyl halides is 2. The van der Waals surface area contributed by atoms with E-state index in [1.807, 2.05) is 73.8 Å². The zero-order chi connectivity index (χ0) is 87.2. The number of halogens is 2. The lowest BCUT2D eigenvalue weighted by Gasteiger charge is -2.41. The van der Waals surface area contributed by atoms with Gasteiger partial charge in [-0.1, -0.05) is 73.6 Å². The number of nitrogens with two attached hydrogens (primary N) is 2. The summed E-state index contributed by atoms with van der Waals surface area (Å²) in [5.41, 5.74) is 11.0. The van der Waals surface area contributed by atoms with Gasteiger partial charge in [0.1, 0.15) is 90.8 Å². The minimum absolute atomic E-state index is 0.00123. The van der Waals surface area contributed by atoms with Gasteiger partial charge < -0.3 is 77.8 Å². The number of carbonyl (C=O) groups excluding carboxylic acids is 2. The van der Waals surface area contributed by atoms with Crippen LogP contribution in [0.4, 0.5) is 26.4 Å². The number of phosphoric ester groups is 2. The van der Waals surface area contributed by atoms with E-state index in [0.717, 1.165) is 12.7 Å². The molecule has 6 fully saturated rings. The van der Waals surface area contributed by atoms with Gasteiger partial charge in [-0.2, -0.15) is 10.2 Å². The molecule has 4 bridgehead atoms. The van der Waals surface area contributed by atoms with Crippen molar-refractivity contribution in [3.63, 3.8) is 0 Å². The molecule has 0 radical (unpaired) electrons. The van der Waals surface area contributed by atoms with Gasteiger partial charge in [0, 0.05) is 11.5 Å². The topological polar surface area (TPSA) is 570 Å². The van der Waals surface area contributed by atoms with Crippen LogP contribution in [0.3, 0.4) is 0 Å². The fourth-order valence-corrected chi connectivity index (χ4v) is 21.4. The summed E-state index contributed by atoms with van der Waals surface area (Å²) in [6.07, 6.45) is -17.2. The van der Waals surface area contributed by atoms with Crippen LogP contribution in [-0.4, -0.2) is 227 Å². The van der Waals surface area contributed by atoms with Gasteiger partial charge in [-0.25, -0.2) is 62.8 Å². The summed E-state index contributed by atoms with van der Waals surface area (Å²) in [4.78, 5) is 133. The van der Waals surface area contributed by atoms with Crippen LogP contribution in [0.15, 0.2) is 77.9 Å². The molecular weight excluding hydrogens is 1750 g/mol. The second-order valence-electron chi connectivity index (χ2n) is 32.3. The average Bonchev–Trinajstić information content (AvgIpc) is 1.74. The van der Waals surface area contributed by atoms with Crippen LogP contribution in [0.5, 0.6) is 0 Å². The standard InChI is InChI=1S/C41H51FN10O13P2SSi.C26H37FN10O11P2SSi/c1-22(2)24(53)16-27-48-36-30(38(55)49-27)47-21-52(36)40-33-32(65-69(6,7)41(3,4)5)26(62-40)17-59-66(56,57)63-31-25(18-60-67(68,64-33)58-15-11-14-43)61-39(28(31)42)51-20-46-29-34(44-19-45-35(29)51)50-37(54)23-12-9-8-10-13-23;1-26(2,3)52(4,5)48-17-12-6-42-49(39,40)46-16-11(44-23(13(16)27)36-9-32-14-19(28)30-8-31-20(14)36)7-43-50(41,51)47-18(17)24(45-12)37-10-33-15-21(37)34-25(29)35-22(15)38/h8-10,12-13,19-22,25-26,28,31-33,39-40H,11,15-18H2,1-7H3,(H,56,57)(H,48,49,55)(H,44,45,50,54);8-13,16-18,23-24H,6-7H2,1-5H3,(H,39,40)(H,41,51)(H2,28,30,31)(H3,29,34,35,38)/t25-,26-,28-,31-,32-,33-,39-,40-,67?;11-,12-,13-,16-,17-,18-,23-,24-,50?/m11/s1. The number of ether oxygens (including phenoxy) is 4. The molecule has 20 atom stereocenters. The second-order valence-corrected chi connectivity index (χ2v) is 50.3. The highest BCUT2D eigenvalue weighted by Gasteiger charge is 2.60. The Bertz CT molecular complexity index is 5780. The molecular formula is C67H88F2N20O24P4S2Si2. The SMILES string of the molecule is CC(C)(C)[Si](C)(C)O[C@H]1[C@H]2OP(O)(=S)OC[C@H]3O[C@@H](n4cnc5c(N)ncnc54)[C@H](F)[C@@H]3OP(=O)(O)OC[C@H]1O[C@H]2n1cnc2c(=O)[nH]c(N)nc21.CC(C)C(=O)Cc1nc2c(ncn2[C@@H]2O[C@@H]3COP(=O)(O)O[C@H]4[C@@H](F)[C@H](n5cnc6c(NC(=O)c7ccccc7)ncnc65)O[C@@H]4COP(=S)(OCCC#N)O[C@@H]2[C@@H]3O[Si](C)(C)C(C)(C)C)c(=O)[nH]1. The van der Waals surface area contributed by atoms with Gasteiger partial charge in [0.05, 0.1) is 77.3 Å². The number of phosphoric acid groups is 2. The molecule has 54 heteroatoms. The molecule has 6 saturated heterocycles. The number of nitriles is 1. The Hall–Kier alpha value is -7.42. The zero-order valence-corrected chi connectivity index (χ0v) is 74.0. The van der Waals surface area contributed by atoms with Gasteiger partial charge in [-0.15, -0.1) is 0 Å². The van der Waals surface area contributed by atoms with Crippen molar-refractivity contribution in [2.45, 2.75) is 203 Å². The number of ketones is 1. The van der Waals surface area contributed by atoms with Crippen molar-refractivity contribution in [3.8, 4) is 6.07 Å². The van der Waals surface area contributed by atoms with E-state index in [2.05, 4.69) is 65.1 Å². The Balaban J connectivity index is 0.000000206. The maximum atomic E-state index is 17.0. The maximum Gasteiger partial charge on any atom is 0.472 e. The number of H-pyrrole nitrogens is 2. The number of nitrogens with one attached hydrogen (secondary N) is 3. The summed E-state index contributed by atoms with van der Waals surface area (Å²) in [5, 5.41) is 11.4. The first-order valence-electron chi connectivity index (χ1n) is 37.7. The monoisotopic (exact) mass is 1840 g/mol. The average molecular weight is 1840 g/mol. The molecule has 0 saturated carbocycles. The molecule has 6 aliphatic heterocycles. The molecule has 15 rings (SSSR count). The quantitative estimate of drug-likeness (QED) is 0.0266. The molecule has 1 aromatic carbocycles. The van der Waals surface area contributed by atoms with Gasteiger partial charge in [0.2, 0.25) is 5.95 Å². The lowest BCUT2D eigenvalue weighted by molar-refractivity contribution is -0.121. The Kier molecular flexibility index (Phi) is 25.6. The fraction of sp³-hybridized carbons (Fsp3) is 0.567. The lowest BCUT2D eigenvalue weighted by Crippen LogP contribution is -2.50. The molecule has 121 heavy (non-hydrogen) atoms. The summed E-state index contributed by atoms with van der Waals surface area (Å²) in [6, 6.07) is 10.3. The van der Waals surface area contributed by atoms with Crippen LogP contribution in [0.1, 0.15) is 103 Å². The molecule has 4 unspecified atom stereocenters. The molecule has 654 valence electrons. The predicted molar refractivity (Wildman–Crippen MR) is 433 cm³/mol. The van der Waals surface area contributed by atoms with Crippen LogP contribution in [0, 0.1) is 17.2 Å². The number of hydrogen-bond acceptors (Lipinski definition) is 36. The van der Waals surface area contributed by atoms with Gasteiger partial charge in [0.25, 0.3) is 17.0 Å². The van der Waals surface area contributed by atoms with Gasteiger partial charge >= 0.3 is 29.1 Å². The molecule has 44 nitrogen and oxygen atoms in total. The highest BCUT2D eigenvalue weighted by Crippen LogP contribution is 2.60. The number of benzene rings is 1. The molecule has 0 aliphatic carbocycles. The summed E-state index contributed by atoms with van der Waals surface area (Å²) < 4.78 is 158. The van der Waals surface area contributed by atoms with E-state index >= 15 is 8.78 Å². The molecule has 6 aliphatic rings. The highest BCUT2D eigenvalue weighted by molar-refractivity contribution is 8.07. The summed E-state index contributed by atoms with van der Waals surface area (Å²) >= 11 is 11.5. The van der Waals surface area contributed by atoms with E-state index in [-0.39, 0.29) is 104 Å². The molecule has 1 amide bonds. The van der Waals surface area contributed by atoms with E-state index < -0.39 is 193 Å². The van der Waals surface area contributed by atoms with E-state index in [0.29, 0.717) is 5.56 Å². The fourth-order valence-electron chi connectivity index (χ4n) is 13.4. The second kappa shape index (κ2) is 34.5. The maximum absolute atomic E-state index is 17.0. The first kappa shape index (κ1) is 89.8. The van der Waals surface area contributed by atoms with Gasteiger partial charge in [-0.05, 0) is 72.0 Å². The minimum atomic E-state index is -5.25. The Morgan fingerprint density at radius 2 is 1.08 bits per heavy atom. The Labute approximate surface area is 698 Å². The number of aromatic nitrogens is 16. The number of rotatable bonds is 16. The Morgan fingerprint density at radius 1 is 0.620 bits per heavy atom. The number of hydrogen-bond donors (Lipinski definition) is 8. The number of fused-ring (bicyclic) bond motifs is 10. The number of amides is 1. The number of aromatic amines is 2. The third-order valence-electron chi connectivity index (χ3n) is 21.7.